The van der Waals surface area contributed by atoms with E-state index < -0.39 is 0 Å². The number of benzene rings is 1. The molecule has 0 saturated heterocycles. The van der Waals surface area contributed by atoms with Crippen LogP contribution >= 0.6 is 15.9 Å². The number of hydrogen-bond acceptors (Lipinski definition) is 4. The number of carbonyl (C=O) groups excluding carboxylic acids is 1. The third kappa shape index (κ3) is 3.31. The predicted octanol–water partition coefficient (Wildman–Crippen LogP) is 4.76. The van der Waals surface area contributed by atoms with Crippen LogP contribution in [0.2, 0.25) is 0 Å². The number of nitrogens with zero attached hydrogens (tertiary/aromatic N) is 1. The summed E-state index contributed by atoms with van der Waals surface area (Å²) in [4.78, 5) is 16.2. The molecule has 126 valence electrons. The maximum atomic E-state index is 12.0. The van der Waals surface area contributed by atoms with Crippen LogP contribution in [0.3, 0.4) is 0 Å². The Morgan fingerprint density at radius 1 is 1.38 bits per heavy atom. The van der Waals surface area contributed by atoms with Gasteiger partial charge in [-0.25, -0.2) is 4.79 Å². The first-order valence-corrected chi connectivity index (χ1v) is 8.87. The molecule has 5 heteroatoms. The van der Waals surface area contributed by atoms with Crippen molar-refractivity contribution in [3.63, 3.8) is 0 Å². The van der Waals surface area contributed by atoms with Crippen LogP contribution in [0.25, 0.3) is 0 Å². The van der Waals surface area contributed by atoms with Gasteiger partial charge in [0.25, 0.3) is 0 Å². The highest BCUT2D eigenvalue weighted by Crippen LogP contribution is 2.45. The van der Waals surface area contributed by atoms with Crippen LogP contribution in [0, 0.1) is 5.41 Å². The third-order valence-corrected chi connectivity index (χ3v) is 4.84. The first kappa shape index (κ1) is 17.0. The normalized spacial score (nSPS) is 18.4. The second-order valence-corrected chi connectivity index (χ2v) is 7.69. The topological polar surface area (TPSA) is 51.2 Å². The summed E-state index contributed by atoms with van der Waals surface area (Å²) in [5.74, 6) is -0.267. The van der Waals surface area contributed by atoms with E-state index >= 15 is 0 Å². The molecule has 3 rings (SSSR count). The lowest BCUT2D eigenvalue weighted by Gasteiger charge is -2.41. The van der Waals surface area contributed by atoms with Crippen LogP contribution in [0.15, 0.2) is 41.1 Å². The van der Waals surface area contributed by atoms with E-state index in [-0.39, 0.29) is 17.4 Å². The molecule has 24 heavy (non-hydrogen) atoms. The first-order chi connectivity index (χ1) is 11.4. The minimum absolute atomic E-state index is 0.0112. The van der Waals surface area contributed by atoms with Crippen molar-refractivity contribution in [3.8, 4) is 0 Å². The number of rotatable bonds is 3. The summed E-state index contributed by atoms with van der Waals surface area (Å²) < 4.78 is 6.07. The van der Waals surface area contributed by atoms with E-state index in [1.807, 2.05) is 31.3 Å². The number of esters is 1. The van der Waals surface area contributed by atoms with E-state index in [2.05, 4.69) is 46.1 Å². The summed E-state index contributed by atoms with van der Waals surface area (Å²) in [6.07, 6.45) is 4.57. The number of ether oxygens (including phenoxy) is 1. The number of fused-ring (bicyclic) bond motifs is 1. The first-order valence-electron chi connectivity index (χ1n) is 8.08. The van der Waals surface area contributed by atoms with Gasteiger partial charge in [-0.05, 0) is 70.1 Å². The summed E-state index contributed by atoms with van der Waals surface area (Å²) in [6.45, 7) is 6.66. The average molecular weight is 389 g/mol. The summed E-state index contributed by atoms with van der Waals surface area (Å²) >= 11 is 3.50. The largest absolute Gasteiger partial charge is 0.462 e. The number of pyridine rings is 1. The summed E-state index contributed by atoms with van der Waals surface area (Å²) in [6, 6.07) is 7.98. The van der Waals surface area contributed by atoms with Crippen molar-refractivity contribution in [1.82, 2.24) is 4.98 Å². The molecule has 1 N–H and O–H groups in total. The van der Waals surface area contributed by atoms with Crippen molar-refractivity contribution < 1.29 is 9.53 Å². The summed E-state index contributed by atoms with van der Waals surface area (Å²) in [5, 5.41) is 3.62. The van der Waals surface area contributed by atoms with Gasteiger partial charge in [0.2, 0.25) is 0 Å². The maximum absolute atomic E-state index is 12.0. The van der Waals surface area contributed by atoms with Gasteiger partial charge in [-0.3, -0.25) is 4.98 Å². The van der Waals surface area contributed by atoms with Crippen molar-refractivity contribution in [1.29, 1.82) is 0 Å². The zero-order chi connectivity index (χ0) is 17.3. The van der Waals surface area contributed by atoms with Crippen LogP contribution in [0.5, 0.6) is 0 Å². The Morgan fingerprint density at radius 2 is 2.17 bits per heavy atom. The number of anilines is 1. The number of hydrogen-bond donors (Lipinski definition) is 1. The highest BCUT2D eigenvalue weighted by Gasteiger charge is 2.36. The second kappa shape index (κ2) is 6.55. The van der Waals surface area contributed by atoms with E-state index in [0.29, 0.717) is 12.2 Å². The van der Waals surface area contributed by atoms with Crippen molar-refractivity contribution >= 4 is 27.6 Å². The third-order valence-electron chi connectivity index (χ3n) is 4.40. The van der Waals surface area contributed by atoms with Crippen LogP contribution in [-0.4, -0.2) is 17.6 Å². The van der Waals surface area contributed by atoms with Crippen molar-refractivity contribution in [2.75, 3.05) is 11.9 Å². The summed E-state index contributed by atoms with van der Waals surface area (Å²) in [7, 11) is 0. The Labute approximate surface area is 150 Å². The highest BCUT2D eigenvalue weighted by atomic mass is 79.9. The Kier molecular flexibility index (Phi) is 4.63. The summed E-state index contributed by atoms with van der Waals surface area (Å²) in [5.41, 5.74) is 3.95. The zero-order valence-corrected chi connectivity index (χ0v) is 15.7. The van der Waals surface area contributed by atoms with Gasteiger partial charge < -0.3 is 10.1 Å². The molecule has 2 heterocycles. The molecule has 1 atom stereocenters. The fourth-order valence-electron chi connectivity index (χ4n) is 3.29. The number of aromatic nitrogens is 1. The van der Waals surface area contributed by atoms with Gasteiger partial charge in [0, 0.05) is 22.6 Å². The van der Waals surface area contributed by atoms with Gasteiger partial charge in [-0.15, -0.1) is 0 Å². The molecule has 0 bridgehead atoms. The van der Waals surface area contributed by atoms with Crippen LogP contribution in [-0.2, 0) is 11.2 Å². The maximum Gasteiger partial charge on any atom is 0.338 e. The standard InChI is InChI=1S/C19H21BrN2O2/c1-4-24-18(23)12-5-6-16-13(7-12)9-19(2,3)17(22-16)14-8-15(20)11-21-10-14/h5-8,10-11,17,22H,4,9H2,1-3H3. The highest BCUT2D eigenvalue weighted by molar-refractivity contribution is 9.10. The minimum Gasteiger partial charge on any atom is -0.462 e. The Morgan fingerprint density at radius 3 is 2.88 bits per heavy atom. The lowest BCUT2D eigenvalue weighted by Crippen LogP contribution is -2.35. The van der Waals surface area contributed by atoms with E-state index in [9.17, 15) is 4.79 Å². The molecule has 1 aliphatic rings. The monoisotopic (exact) mass is 388 g/mol. The fraction of sp³-hybridized carbons (Fsp3) is 0.368. The smallest absolute Gasteiger partial charge is 0.338 e. The predicted molar refractivity (Wildman–Crippen MR) is 98.2 cm³/mol. The number of halogens is 1. The van der Waals surface area contributed by atoms with Crippen LogP contribution < -0.4 is 5.32 Å². The zero-order valence-electron chi connectivity index (χ0n) is 14.1. The number of nitrogens with one attached hydrogen (secondary N) is 1. The second-order valence-electron chi connectivity index (χ2n) is 6.77. The molecule has 0 saturated carbocycles. The van der Waals surface area contributed by atoms with E-state index in [1.165, 1.54) is 0 Å². The Hall–Kier alpha value is -1.88. The molecule has 0 fully saturated rings. The van der Waals surface area contributed by atoms with Gasteiger partial charge in [-0.1, -0.05) is 13.8 Å². The van der Waals surface area contributed by atoms with Gasteiger partial charge in [0.05, 0.1) is 18.2 Å². The molecule has 0 aliphatic carbocycles. The molecule has 2 aromatic rings. The van der Waals surface area contributed by atoms with Crippen molar-refractivity contribution in [2.24, 2.45) is 5.41 Å². The van der Waals surface area contributed by atoms with Crippen molar-refractivity contribution in [2.45, 2.75) is 33.2 Å². The Balaban J connectivity index is 1.94. The van der Waals surface area contributed by atoms with Gasteiger partial charge in [0.1, 0.15) is 0 Å². The van der Waals surface area contributed by atoms with Gasteiger partial charge in [-0.2, -0.15) is 0 Å². The molecule has 1 aromatic carbocycles. The van der Waals surface area contributed by atoms with E-state index in [0.717, 1.165) is 27.7 Å². The molecule has 1 aliphatic heterocycles. The van der Waals surface area contributed by atoms with E-state index in [4.69, 9.17) is 4.74 Å². The fourth-order valence-corrected chi connectivity index (χ4v) is 3.67. The molecular weight excluding hydrogens is 368 g/mol. The minimum atomic E-state index is -0.267. The molecule has 0 amide bonds. The molecule has 0 spiro atoms. The quantitative estimate of drug-likeness (QED) is 0.770. The molecule has 0 radical (unpaired) electrons. The average Bonchev–Trinajstić information content (AvgIpc) is 2.53. The van der Waals surface area contributed by atoms with Gasteiger partial charge >= 0.3 is 5.97 Å². The van der Waals surface area contributed by atoms with Crippen LogP contribution in [0.4, 0.5) is 5.69 Å². The molecule has 1 unspecified atom stereocenters. The lowest BCUT2D eigenvalue weighted by molar-refractivity contribution is 0.0526. The number of carbonyl (C=O) groups is 1. The lowest BCUT2D eigenvalue weighted by atomic mass is 9.73. The van der Waals surface area contributed by atoms with Gasteiger partial charge in [0.15, 0.2) is 0 Å². The molecule has 1 aromatic heterocycles. The Bertz CT molecular complexity index is 774. The molecular formula is C19H21BrN2O2. The van der Waals surface area contributed by atoms with Crippen molar-refractivity contribution in [3.05, 3.63) is 57.8 Å². The van der Waals surface area contributed by atoms with E-state index in [1.54, 1.807) is 6.20 Å². The molecule has 4 nitrogen and oxygen atoms in total. The SMILES string of the molecule is CCOC(=O)c1ccc2c(c1)CC(C)(C)C(c1cncc(Br)c1)N2. The van der Waals surface area contributed by atoms with Crippen LogP contribution in [0.1, 0.15) is 48.3 Å².